The number of aryl methyl sites for hydroxylation is 2. The van der Waals surface area contributed by atoms with Gasteiger partial charge in [0.25, 0.3) is 0 Å². The lowest BCUT2D eigenvalue weighted by Gasteiger charge is -2.18. The topological polar surface area (TPSA) is 49.3 Å². The summed E-state index contributed by atoms with van der Waals surface area (Å²) in [7, 11) is 0. The largest absolute Gasteiger partial charge is 0.479 e. The number of anilines is 1. The zero-order valence-corrected chi connectivity index (χ0v) is 11.1. The number of carboxylic acid groups (broad SMARTS) is 1. The van der Waals surface area contributed by atoms with E-state index in [4.69, 9.17) is 0 Å². The van der Waals surface area contributed by atoms with E-state index in [0.29, 0.717) is 0 Å². The molecule has 0 radical (unpaired) electrons. The summed E-state index contributed by atoms with van der Waals surface area (Å²) in [5, 5.41) is 12.5. The Bertz CT molecular complexity index is 593. The molecular formula is C16H17NO2. The molecule has 2 aromatic carbocycles. The number of benzene rings is 2. The van der Waals surface area contributed by atoms with Crippen molar-refractivity contribution < 1.29 is 9.90 Å². The molecule has 3 heteroatoms. The molecule has 3 nitrogen and oxygen atoms in total. The summed E-state index contributed by atoms with van der Waals surface area (Å²) in [4.78, 5) is 11.5. The molecule has 1 unspecified atom stereocenters. The Morgan fingerprint density at radius 2 is 1.84 bits per heavy atom. The van der Waals surface area contributed by atoms with E-state index in [2.05, 4.69) is 5.32 Å². The Balaban J connectivity index is 2.32. The van der Waals surface area contributed by atoms with Crippen LogP contribution >= 0.6 is 0 Å². The maximum atomic E-state index is 11.5. The average molecular weight is 255 g/mol. The first kappa shape index (κ1) is 13.1. The lowest BCUT2D eigenvalue weighted by Crippen LogP contribution is -2.21. The van der Waals surface area contributed by atoms with E-state index in [9.17, 15) is 9.90 Å². The fourth-order valence-electron chi connectivity index (χ4n) is 2.03. The molecule has 0 saturated heterocycles. The lowest BCUT2D eigenvalue weighted by atomic mass is 10.0. The van der Waals surface area contributed by atoms with Crippen molar-refractivity contribution in [3.8, 4) is 0 Å². The van der Waals surface area contributed by atoms with Gasteiger partial charge in [0.15, 0.2) is 6.04 Å². The monoisotopic (exact) mass is 255 g/mol. The summed E-state index contributed by atoms with van der Waals surface area (Å²) < 4.78 is 0. The zero-order valence-electron chi connectivity index (χ0n) is 11.1. The van der Waals surface area contributed by atoms with Crippen LogP contribution < -0.4 is 5.32 Å². The summed E-state index contributed by atoms with van der Waals surface area (Å²) in [5.74, 6) is -0.881. The molecule has 2 rings (SSSR count). The Labute approximate surface area is 112 Å². The smallest absolute Gasteiger partial charge is 0.330 e. The van der Waals surface area contributed by atoms with E-state index < -0.39 is 12.0 Å². The standard InChI is InChI=1S/C16H17NO2/c1-11-6-5-8-13(10-11)15(16(18)19)17-14-9-4-3-7-12(14)2/h3-10,15,17H,1-2H3,(H,18,19). The van der Waals surface area contributed by atoms with Crippen LogP contribution in [0.25, 0.3) is 0 Å². The highest BCUT2D eigenvalue weighted by Crippen LogP contribution is 2.23. The van der Waals surface area contributed by atoms with Crippen LogP contribution in [0.3, 0.4) is 0 Å². The van der Waals surface area contributed by atoms with Crippen LogP contribution in [0.2, 0.25) is 0 Å². The number of aliphatic carboxylic acids is 1. The van der Waals surface area contributed by atoms with Crippen molar-refractivity contribution in [2.75, 3.05) is 5.32 Å². The number of hydrogen-bond donors (Lipinski definition) is 2. The molecule has 1 atom stereocenters. The number of hydrogen-bond acceptors (Lipinski definition) is 2. The maximum Gasteiger partial charge on any atom is 0.330 e. The number of para-hydroxylation sites is 1. The van der Waals surface area contributed by atoms with Gasteiger partial charge in [-0.3, -0.25) is 0 Å². The highest BCUT2D eigenvalue weighted by atomic mass is 16.4. The number of carbonyl (C=O) groups is 1. The molecule has 0 saturated carbocycles. The van der Waals surface area contributed by atoms with E-state index >= 15 is 0 Å². The van der Waals surface area contributed by atoms with Gasteiger partial charge in [0.05, 0.1) is 0 Å². The second-order valence-electron chi connectivity index (χ2n) is 4.64. The minimum absolute atomic E-state index is 0.735. The summed E-state index contributed by atoms with van der Waals surface area (Å²) in [6.45, 7) is 3.91. The highest BCUT2D eigenvalue weighted by Gasteiger charge is 2.20. The minimum Gasteiger partial charge on any atom is -0.479 e. The van der Waals surface area contributed by atoms with Gasteiger partial charge < -0.3 is 10.4 Å². The number of carboxylic acids is 1. The van der Waals surface area contributed by atoms with E-state index in [1.54, 1.807) is 0 Å². The van der Waals surface area contributed by atoms with E-state index in [1.165, 1.54) is 0 Å². The Morgan fingerprint density at radius 1 is 1.11 bits per heavy atom. The summed E-state index contributed by atoms with van der Waals surface area (Å²) in [6.07, 6.45) is 0. The summed E-state index contributed by atoms with van der Waals surface area (Å²) in [6, 6.07) is 14.5. The third kappa shape index (κ3) is 3.13. The van der Waals surface area contributed by atoms with Gasteiger partial charge in [0.1, 0.15) is 0 Å². The summed E-state index contributed by atoms with van der Waals surface area (Å²) in [5.41, 5.74) is 3.68. The molecule has 0 aliphatic heterocycles. The molecule has 2 N–H and O–H groups in total. The molecule has 0 amide bonds. The Kier molecular flexibility index (Phi) is 3.85. The third-order valence-corrected chi connectivity index (χ3v) is 3.07. The lowest BCUT2D eigenvalue weighted by molar-refractivity contribution is -0.138. The van der Waals surface area contributed by atoms with Crippen LogP contribution in [0.1, 0.15) is 22.7 Å². The molecule has 19 heavy (non-hydrogen) atoms. The minimum atomic E-state index is -0.881. The number of rotatable bonds is 4. The molecule has 0 aromatic heterocycles. The van der Waals surface area contributed by atoms with Crippen molar-refractivity contribution in [1.29, 1.82) is 0 Å². The van der Waals surface area contributed by atoms with E-state index in [1.807, 2.05) is 62.4 Å². The normalized spacial score (nSPS) is 11.9. The van der Waals surface area contributed by atoms with Gasteiger partial charge in [-0.2, -0.15) is 0 Å². The molecule has 0 heterocycles. The SMILES string of the molecule is Cc1cccc(C(Nc2ccccc2C)C(=O)O)c1. The first-order chi connectivity index (χ1) is 9.08. The van der Waals surface area contributed by atoms with Gasteiger partial charge >= 0.3 is 5.97 Å². The fourth-order valence-corrected chi connectivity index (χ4v) is 2.03. The van der Waals surface area contributed by atoms with Crippen LogP contribution in [-0.4, -0.2) is 11.1 Å². The molecule has 0 bridgehead atoms. The van der Waals surface area contributed by atoms with Crippen molar-refractivity contribution >= 4 is 11.7 Å². The first-order valence-corrected chi connectivity index (χ1v) is 6.19. The predicted octanol–water partition coefficient (Wildman–Crippen LogP) is 3.54. The van der Waals surface area contributed by atoms with E-state index in [-0.39, 0.29) is 0 Å². The quantitative estimate of drug-likeness (QED) is 0.878. The van der Waals surface area contributed by atoms with Crippen molar-refractivity contribution in [2.45, 2.75) is 19.9 Å². The number of nitrogens with one attached hydrogen (secondary N) is 1. The second kappa shape index (κ2) is 5.57. The first-order valence-electron chi connectivity index (χ1n) is 6.19. The van der Waals surface area contributed by atoms with Gasteiger partial charge in [-0.25, -0.2) is 4.79 Å². The Morgan fingerprint density at radius 3 is 2.47 bits per heavy atom. The zero-order chi connectivity index (χ0) is 13.8. The molecule has 0 aliphatic carbocycles. The molecule has 0 fully saturated rings. The van der Waals surface area contributed by atoms with Crippen LogP contribution in [0.4, 0.5) is 5.69 Å². The summed E-state index contributed by atoms with van der Waals surface area (Å²) >= 11 is 0. The van der Waals surface area contributed by atoms with Gasteiger partial charge in [-0.1, -0.05) is 48.0 Å². The second-order valence-corrected chi connectivity index (χ2v) is 4.64. The van der Waals surface area contributed by atoms with Crippen molar-refractivity contribution in [3.63, 3.8) is 0 Å². The average Bonchev–Trinajstić information content (AvgIpc) is 2.37. The van der Waals surface area contributed by atoms with Crippen LogP contribution in [0.5, 0.6) is 0 Å². The van der Waals surface area contributed by atoms with Gasteiger partial charge in [-0.05, 0) is 31.0 Å². The fraction of sp³-hybridized carbons (Fsp3) is 0.188. The van der Waals surface area contributed by atoms with Gasteiger partial charge in [-0.15, -0.1) is 0 Å². The molecule has 2 aromatic rings. The van der Waals surface area contributed by atoms with Crippen molar-refractivity contribution in [1.82, 2.24) is 0 Å². The van der Waals surface area contributed by atoms with Crippen LogP contribution in [0.15, 0.2) is 48.5 Å². The van der Waals surface area contributed by atoms with Crippen molar-refractivity contribution in [2.24, 2.45) is 0 Å². The molecule has 0 spiro atoms. The molecule has 0 aliphatic rings. The van der Waals surface area contributed by atoms with Crippen molar-refractivity contribution in [3.05, 3.63) is 65.2 Å². The molecular weight excluding hydrogens is 238 g/mol. The molecule has 98 valence electrons. The van der Waals surface area contributed by atoms with Gasteiger partial charge in [0, 0.05) is 5.69 Å². The maximum absolute atomic E-state index is 11.5. The highest BCUT2D eigenvalue weighted by molar-refractivity contribution is 5.79. The van der Waals surface area contributed by atoms with Gasteiger partial charge in [0.2, 0.25) is 0 Å². The Hall–Kier alpha value is -2.29. The predicted molar refractivity (Wildman–Crippen MR) is 76.4 cm³/mol. The van der Waals surface area contributed by atoms with Crippen LogP contribution in [-0.2, 0) is 4.79 Å². The van der Waals surface area contributed by atoms with E-state index in [0.717, 1.165) is 22.4 Å². The van der Waals surface area contributed by atoms with Crippen LogP contribution in [0, 0.1) is 13.8 Å². The third-order valence-electron chi connectivity index (χ3n) is 3.07.